The van der Waals surface area contributed by atoms with Crippen molar-refractivity contribution in [2.45, 2.75) is 46.6 Å². The molecule has 34 heavy (non-hydrogen) atoms. The Kier molecular flexibility index (Phi) is 9.15. The second-order valence-electron chi connectivity index (χ2n) is 7.54. The van der Waals surface area contributed by atoms with Crippen LogP contribution in [0.5, 0.6) is 17.2 Å². The lowest BCUT2D eigenvalue weighted by molar-refractivity contribution is -0.134. The van der Waals surface area contributed by atoms with Crippen LogP contribution in [0.3, 0.4) is 0 Å². The Morgan fingerprint density at radius 1 is 0.971 bits per heavy atom. The molecule has 2 aromatic rings. The summed E-state index contributed by atoms with van der Waals surface area (Å²) in [6.45, 7) is 7.91. The average molecular weight is 490 g/mol. The highest BCUT2D eigenvalue weighted by Crippen LogP contribution is 2.39. The van der Waals surface area contributed by atoms with Crippen molar-refractivity contribution in [1.82, 2.24) is 15.8 Å². The molecule has 0 radical (unpaired) electrons. The number of nitrogens with one attached hydrogen (secondary N) is 2. The fourth-order valence-corrected chi connectivity index (χ4v) is 4.51. The van der Waals surface area contributed by atoms with Gasteiger partial charge in [0.2, 0.25) is 17.6 Å². The molecule has 3 rings (SSSR count). The molecule has 0 unspecified atom stereocenters. The van der Waals surface area contributed by atoms with Crippen molar-refractivity contribution in [2.24, 2.45) is 0 Å². The Hall–Kier alpha value is -3.27. The number of hydrogen-bond acceptors (Lipinski definition) is 7. The Labute approximate surface area is 203 Å². The number of carbonyl (C=O) groups excluding carboxylic acids is 3. The van der Waals surface area contributed by atoms with E-state index in [1.54, 1.807) is 16.2 Å². The van der Waals surface area contributed by atoms with Crippen molar-refractivity contribution in [3.05, 3.63) is 39.6 Å². The molecule has 0 saturated carbocycles. The Morgan fingerprint density at radius 3 is 2.29 bits per heavy atom. The van der Waals surface area contributed by atoms with Gasteiger partial charge in [0.1, 0.15) is 0 Å². The quantitative estimate of drug-likeness (QED) is 0.497. The highest BCUT2D eigenvalue weighted by atomic mass is 32.1. The van der Waals surface area contributed by atoms with Gasteiger partial charge in [0.05, 0.1) is 19.8 Å². The Bertz CT molecular complexity index is 995. The van der Waals surface area contributed by atoms with Gasteiger partial charge in [0.15, 0.2) is 11.5 Å². The number of hydrazine groups is 1. The van der Waals surface area contributed by atoms with Gasteiger partial charge in [-0.05, 0) is 56.3 Å². The molecule has 10 heteroatoms. The third-order valence-electron chi connectivity index (χ3n) is 5.21. The van der Waals surface area contributed by atoms with Gasteiger partial charge in [0, 0.05) is 36.4 Å². The van der Waals surface area contributed by atoms with Crippen LogP contribution >= 0.6 is 11.3 Å². The number of carbonyl (C=O) groups is 3. The van der Waals surface area contributed by atoms with Crippen molar-refractivity contribution in [2.75, 3.05) is 26.4 Å². The van der Waals surface area contributed by atoms with Crippen molar-refractivity contribution in [3.63, 3.8) is 0 Å². The maximum absolute atomic E-state index is 12.7. The molecule has 2 N–H and O–H groups in total. The predicted molar refractivity (Wildman–Crippen MR) is 128 cm³/mol. The van der Waals surface area contributed by atoms with Crippen LogP contribution in [0, 0.1) is 0 Å². The molecule has 0 fully saturated rings. The van der Waals surface area contributed by atoms with Crippen LogP contribution in [0.4, 0.5) is 0 Å². The van der Waals surface area contributed by atoms with Gasteiger partial charge in [-0.2, -0.15) is 0 Å². The molecule has 0 spiro atoms. The first-order chi connectivity index (χ1) is 16.5. The first-order valence-corrected chi connectivity index (χ1v) is 12.3. The van der Waals surface area contributed by atoms with E-state index in [2.05, 4.69) is 10.9 Å². The summed E-state index contributed by atoms with van der Waals surface area (Å²) in [5.74, 6) is 0.132. The minimum absolute atomic E-state index is 0.0240. The number of rotatable bonds is 10. The SMILES string of the molecule is CCOc1cc(C(=O)NNC(=O)CCC(=O)N2CCc3sccc3C2)cc(OCC)c1OCC. The first-order valence-electron chi connectivity index (χ1n) is 11.4. The lowest BCUT2D eigenvalue weighted by atomic mass is 10.1. The Morgan fingerprint density at radius 2 is 1.65 bits per heavy atom. The van der Waals surface area contributed by atoms with E-state index >= 15 is 0 Å². The van der Waals surface area contributed by atoms with E-state index in [0.717, 1.165) is 6.42 Å². The fraction of sp³-hybridized carbons (Fsp3) is 0.458. The topological polar surface area (TPSA) is 106 Å². The summed E-state index contributed by atoms with van der Waals surface area (Å²) in [6.07, 6.45) is 0.896. The zero-order valence-electron chi connectivity index (χ0n) is 19.8. The van der Waals surface area contributed by atoms with Crippen molar-refractivity contribution in [3.8, 4) is 17.2 Å². The van der Waals surface area contributed by atoms with Crippen LogP contribution in [0.2, 0.25) is 0 Å². The molecule has 1 aliphatic rings. The monoisotopic (exact) mass is 489 g/mol. The summed E-state index contributed by atoms with van der Waals surface area (Å²) in [5, 5.41) is 2.04. The maximum Gasteiger partial charge on any atom is 0.269 e. The molecule has 0 atom stereocenters. The molecule has 1 aliphatic heterocycles. The van der Waals surface area contributed by atoms with Gasteiger partial charge in [-0.15, -0.1) is 11.3 Å². The third-order valence-corrected chi connectivity index (χ3v) is 6.24. The minimum atomic E-state index is -0.536. The number of amides is 3. The molecule has 2 heterocycles. The lowest BCUT2D eigenvalue weighted by Crippen LogP contribution is -2.42. The van der Waals surface area contributed by atoms with E-state index in [1.165, 1.54) is 22.6 Å². The molecule has 0 saturated heterocycles. The fourth-order valence-electron chi connectivity index (χ4n) is 3.62. The molecule has 1 aromatic carbocycles. The molecular weight excluding hydrogens is 458 g/mol. The smallest absolute Gasteiger partial charge is 0.269 e. The standard InChI is InChI=1S/C24H31N3O6S/c1-4-31-18-13-17(14-19(32-5-2)23(18)33-6-3)24(30)26-25-21(28)7-8-22(29)27-11-9-20-16(15-27)10-12-34-20/h10,12-14H,4-9,11,15H2,1-3H3,(H,25,28)(H,26,30). The zero-order valence-corrected chi connectivity index (χ0v) is 20.6. The van der Waals surface area contributed by atoms with Crippen LogP contribution < -0.4 is 25.1 Å². The Balaban J connectivity index is 1.54. The number of fused-ring (bicyclic) bond motifs is 1. The van der Waals surface area contributed by atoms with Gasteiger partial charge in [-0.3, -0.25) is 25.2 Å². The van der Waals surface area contributed by atoms with E-state index in [0.29, 0.717) is 50.2 Å². The predicted octanol–water partition coefficient (Wildman–Crippen LogP) is 3.07. The normalized spacial score (nSPS) is 12.5. The number of benzene rings is 1. The van der Waals surface area contributed by atoms with Crippen LogP contribution in [0.15, 0.2) is 23.6 Å². The van der Waals surface area contributed by atoms with Crippen LogP contribution in [-0.2, 0) is 22.6 Å². The number of thiophene rings is 1. The number of hydrogen-bond donors (Lipinski definition) is 2. The lowest BCUT2D eigenvalue weighted by Gasteiger charge is -2.27. The summed E-state index contributed by atoms with van der Waals surface area (Å²) in [7, 11) is 0. The first kappa shape index (κ1) is 25.4. The summed E-state index contributed by atoms with van der Waals surface area (Å²) >= 11 is 1.71. The number of nitrogens with zero attached hydrogens (tertiary/aromatic N) is 1. The van der Waals surface area contributed by atoms with E-state index in [1.807, 2.05) is 32.2 Å². The van der Waals surface area contributed by atoms with E-state index < -0.39 is 11.8 Å². The summed E-state index contributed by atoms with van der Waals surface area (Å²) in [6, 6.07) is 5.12. The number of ether oxygens (including phenoxy) is 3. The van der Waals surface area contributed by atoms with Gasteiger partial charge >= 0.3 is 0 Å². The molecule has 9 nitrogen and oxygen atoms in total. The van der Waals surface area contributed by atoms with Crippen molar-refractivity contribution < 1.29 is 28.6 Å². The van der Waals surface area contributed by atoms with Gasteiger partial charge in [-0.25, -0.2) is 0 Å². The molecule has 1 aromatic heterocycles. The zero-order chi connectivity index (χ0) is 24.5. The largest absolute Gasteiger partial charge is 0.490 e. The van der Waals surface area contributed by atoms with E-state index in [9.17, 15) is 14.4 Å². The summed E-state index contributed by atoms with van der Waals surface area (Å²) in [4.78, 5) is 40.5. The van der Waals surface area contributed by atoms with Gasteiger partial charge in [0.25, 0.3) is 5.91 Å². The molecular formula is C24H31N3O6S. The van der Waals surface area contributed by atoms with E-state index in [4.69, 9.17) is 14.2 Å². The third kappa shape index (κ3) is 6.40. The van der Waals surface area contributed by atoms with Crippen molar-refractivity contribution in [1.29, 1.82) is 0 Å². The van der Waals surface area contributed by atoms with Crippen molar-refractivity contribution >= 4 is 29.1 Å². The van der Waals surface area contributed by atoms with Crippen LogP contribution in [0.1, 0.15) is 54.4 Å². The highest BCUT2D eigenvalue weighted by molar-refractivity contribution is 7.10. The van der Waals surface area contributed by atoms with Crippen LogP contribution in [-0.4, -0.2) is 49.0 Å². The highest BCUT2D eigenvalue weighted by Gasteiger charge is 2.22. The molecule has 3 amide bonds. The molecule has 0 bridgehead atoms. The average Bonchev–Trinajstić information content (AvgIpc) is 3.31. The van der Waals surface area contributed by atoms with E-state index in [-0.39, 0.29) is 24.3 Å². The molecule has 184 valence electrons. The van der Waals surface area contributed by atoms with Gasteiger partial charge < -0.3 is 19.1 Å². The maximum atomic E-state index is 12.7. The minimum Gasteiger partial charge on any atom is -0.490 e. The summed E-state index contributed by atoms with van der Waals surface area (Å²) in [5.41, 5.74) is 6.18. The molecule has 0 aliphatic carbocycles. The second-order valence-corrected chi connectivity index (χ2v) is 8.54. The second kappa shape index (κ2) is 12.3. The van der Waals surface area contributed by atoms with Crippen LogP contribution in [0.25, 0.3) is 0 Å². The van der Waals surface area contributed by atoms with Gasteiger partial charge in [-0.1, -0.05) is 0 Å². The summed E-state index contributed by atoms with van der Waals surface area (Å²) < 4.78 is 16.9.